The zero-order valence-corrected chi connectivity index (χ0v) is 21.5. The molecule has 0 amide bonds. The van der Waals surface area contributed by atoms with E-state index in [-0.39, 0.29) is 12.2 Å². The number of alkyl halides is 3. The van der Waals surface area contributed by atoms with Gasteiger partial charge in [-0.05, 0) is 77.9 Å². The van der Waals surface area contributed by atoms with Crippen LogP contribution in [0.5, 0.6) is 11.5 Å². The first-order chi connectivity index (χ1) is 18.8. The molecule has 0 N–H and O–H groups in total. The summed E-state index contributed by atoms with van der Waals surface area (Å²) in [4.78, 5) is 18.4. The number of carbonyl (C=O) groups excluding carboxylic acids is 1. The predicted octanol–water partition coefficient (Wildman–Crippen LogP) is 7.50. The lowest BCUT2D eigenvalue weighted by molar-refractivity contribution is -0.137. The summed E-state index contributed by atoms with van der Waals surface area (Å²) in [7, 11) is 3.16. The number of carbonyl (C=O) groups is 1. The summed E-state index contributed by atoms with van der Waals surface area (Å²) in [5.41, 5.74) is 3.90. The monoisotopic (exact) mass is 533 g/mol. The van der Waals surface area contributed by atoms with Crippen molar-refractivity contribution >= 4 is 28.5 Å². The average Bonchev–Trinajstić information content (AvgIpc) is 2.94. The third-order valence-corrected chi connectivity index (χ3v) is 6.75. The van der Waals surface area contributed by atoms with E-state index in [9.17, 15) is 18.0 Å². The highest BCUT2D eigenvalue weighted by Gasteiger charge is 2.31. The number of hydrogen-bond donors (Lipinski definition) is 0. The van der Waals surface area contributed by atoms with E-state index in [1.54, 1.807) is 14.2 Å². The Labute approximate surface area is 223 Å². The molecule has 5 nitrogen and oxygen atoms in total. The second-order valence-corrected chi connectivity index (χ2v) is 9.24. The standard InChI is InChI=1S/C31H26F3NO4/c1-37-26-14-13-19(17-27(26)38-2)15-21-8-6-11-24-28(23-10-3-4-12-25(23)35-29(21)24)30(36)39-18-20-7-5-9-22(16-20)31(32,33)34/h3-5,7,9-10,12-17H,6,8,11,18H2,1-2H3/b21-15+. The molecule has 0 saturated heterocycles. The van der Waals surface area contributed by atoms with E-state index >= 15 is 0 Å². The van der Waals surface area contributed by atoms with E-state index in [2.05, 4.69) is 0 Å². The maximum atomic E-state index is 13.5. The van der Waals surface area contributed by atoms with E-state index in [0.717, 1.165) is 47.4 Å². The van der Waals surface area contributed by atoms with Gasteiger partial charge in [0.25, 0.3) is 0 Å². The molecular weight excluding hydrogens is 507 g/mol. The van der Waals surface area contributed by atoms with E-state index in [4.69, 9.17) is 19.2 Å². The Morgan fingerprint density at radius 3 is 2.51 bits per heavy atom. The number of methoxy groups -OCH3 is 2. The van der Waals surface area contributed by atoms with Crippen molar-refractivity contribution in [3.63, 3.8) is 0 Å². The second-order valence-electron chi connectivity index (χ2n) is 9.24. The highest BCUT2D eigenvalue weighted by molar-refractivity contribution is 6.06. The van der Waals surface area contributed by atoms with Crippen LogP contribution in [-0.4, -0.2) is 25.2 Å². The first-order valence-corrected chi connectivity index (χ1v) is 12.5. The molecule has 0 bridgehead atoms. The molecule has 200 valence electrons. The van der Waals surface area contributed by atoms with Crippen LogP contribution in [0.2, 0.25) is 0 Å². The number of benzene rings is 3. The Morgan fingerprint density at radius 1 is 0.949 bits per heavy atom. The number of nitrogens with zero attached hydrogens (tertiary/aromatic N) is 1. The van der Waals surface area contributed by atoms with Gasteiger partial charge in [-0.3, -0.25) is 0 Å². The number of ether oxygens (including phenoxy) is 3. The van der Waals surface area contributed by atoms with Crippen molar-refractivity contribution in [1.82, 2.24) is 4.98 Å². The highest BCUT2D eigenvalue weighted by atomic mass is 19.4. The van der Waals surface area contributed by atoms with Gasteiger partial charge in [0.2, 0.25) is 0 Å². The summed E-state index contributed by atoms with van der Waals surface area (Å²) >= 11 is 0. The quantitative estimate of drug-likeness (QED) is 0.240. The Morgan fingerprint density at radius 2 is 1.74 bits per heavy atom. The summed E-state index contributed by atoms with van der Waals surface area (Å²) < 4.78 is 55.8. The second kappa shape index (κ2) is 10.8. The molecule has 3 aromatic carbocycles. The van der Waals surface area contributed by atoms with Gasteiger partial charge in [0.15, 0.2) is 11.5 Å². The number of fused-ring (bicyclic) bond motifs is 2. The van der Waals surface area contributed by atoms with Gasteiger partial charge in [0.1, 0.15) is 6.61 Å². The van der Waals surface area contributed by atoms with Crippen LogP contribution in [0.3, 0.4) is 0 Å². The molecule has 0 spiro atoms. The Kier molecular flexibility index (Phi) is 7.28. The molecular formula is C31H26F3NO4. The molecule has 1 aliphatic carbocycles. The van der Waals surface area contributed by atoms with Gasteiger partial charge in [-0.1, -0.05) is 36.4 Å². The number of halogens is 3. The maximum Gasteiger partial charge on any atom is 0.416 e. The van der Waals surface area contributed by atoms with Gasteiger partial charge in [-0.15, -0.1) is 0 Å². The number of rotatable bonds is 6. The van der Waals surface area contributed by atoms with Crippen molar-refractivity contribution in [2.24, 2.45) is 0 Å². The summed E-state index contributed by atoms with van der Waals surface area (Å²) in [5.74, 6) is 0.640. The summed E-state index contributed by atoms with van der Waals surface area (Å²) in [6.07, 6.45) is -0.244. The first kappa shape index (κ1) is 26.3. The minimum Gasteiger partial charge on any atom is -0.493 e. The van der Waals surface area contributed by atoms with Crippen molar-refractivity contribution in [3.8, 4) is 11.5 Å². The zero-order valence-electron chi connectivity index (χ0n) is 21.5. The molecule has 0 radical (unpaired) electrons. The number of aromatic nitrogens is 1. The SMILES string of the molecule is COc1ccc(/C=C2\CCCc3c2nc2ccccc2c3C(=O)OCc2cccc(C(F)(F)F)c2)cc1OC. The lowest BCUT2D eigenvalue weighted by atomic mass is 9.86. The highest BCUT2D eigenvalue weighted by Crippen LogP contribution is 2.38. The van der Waals surface area contributed by atoms with Crippen molar-refractivity contribution in [1.29, 1.82) is 0 Å². The van der Waals surface area contributed by atoms with E-state index in [1.165, 1.54) is 12.1 Å². The third-order valence-electron chi connectivity index (χ3n) is 6.75. The smallest absolute Gasteiger partial charge is 0.416 e. The molecule has 0 atom stereocenters. The predicted molar refractivity (Wildman–Crippen MR) is 143 cm³/mol. The van der Waals surface area contributed by atoms with Gasteiger partial charge in [-0.25, -0.2) is 9.78 Å². The molecule has 8 heteroatoms. The first-order valence-electron chi connectivity index (χ1n) is 12.5. The molecule has 0 saturated carbocycles. The van der Waals surface area contributed by atoms with E-state index < -0.39 is 17.7 Å². The lowest BCUT2D eigenvalue weighted by Crippen LogP contribution is -2.15. The molecule has 39 heavy (non-hydrogen) atoms. The molecule has 4 aromatic rings. The lowest BCUT2D eigenvalue weighted by Gasteiger charge is -2.22. The van der Waals surface area contributed by atoms with Crippen LogP contribution in [0, 0.1) is 0 Å². The van der Waals surface area contributed by atoms with Crippen molar-refractivity contribution in [2.45, 2.75) is 32.0 Å². The van der Waals surface area contributed by atoms with Gasteiger partial charge in [-0.2, -0.15) is 13.2 Å². The van der Waals surface area contributed by atoms with Crippen LogP contribution in [0.15, 0.2) is 66.7 Å². The topological polar surface area (TPSA) is 57.7 Å². The van der Waals surface area contributed by atoms with E-state index in [1.807, 2.05) is 48.5 Å². The van der Waals surface area contributed by atoms with Crippen LogP contribution in [0.4, 0.5) is 13.2 Å². The fraction of sp³-hybridized carbons (Fsp3) is 0.226. The van der Waals surface area contributed by atoms with Gasteiger partial charge in [0, 0.05) is 5.39 Å². The molecule has 0 unspecified atom stereocenters. The Hall–Kier alpha value is -4.33. The maximum absolute atomic E-state index is 13.5. The van der Waals surface area contributed by atoms with Crippen LogP contribution in [-0.2, 0) is 23.9 Å². The summed E-state index contributed by atoms with van der Waals surface area (Å²) in [5, 5.41) is 0.651. The molecule has 1 heterocycles. The number of allylic oxidation sites excluding steroid dienone is 1. The van der Waals surface area contributed by atoms with Crippen molar-refractivity contribution in [2.75, 3.05) is 14.2 Å². The Balaban J connectivity index is 1.53. The number of hydrogen-bond acceptors (Lipinski definition) is 5. The van der Waals surface area contributed by atoms with Crippen molar-refractivity contribution < 1.29 is 32.2 Å². The van der Waals surface area contributed by atoms with Gasteiger partial charge < -0.3 is 14.2 Å². The fourth-order valence-corrected chi connectivity index (χ4v) is 4.91. The minimum absolute atomic E-state index is 0.263. The van der Waals surface area contributed by atoms with Gasteiger partial charge in [0.05, 0.1) is 36.6 Å². The van der Waals surface area contributed by atoms with Crippen molar-refractivity contribution in [3.05, 3.63) is 100 Å². The minimum atomic E-state index is -4.48. The summed E-state index contributed by atoms with van der Waals surface area (Å²) in [6.45, 7) is -0.275. The Bertz CT molecular complexity index is 1580. The van der Waals surface area contributed by atoms with Crippen LogP contribution < -0.4 is 9.47 Å². The molecule has 1 aromatic heterocycles. The summed E-state index contributed by atoms with van der Waals surface area (Å²) in [6, 6.07) is 17.8. The van der Waals surface area contributed by atoms with E-state index in [0.29, 0.717) is 34.4 Å². The fourth-order valence-electron chi connectivity index (χ4n) is 4.91. The normalized spacial score (nSPS) is 14.2. The largest absolute Gasteiger partial charge is 0.493 e. The third kappa shape index (κ3) is 5.46. The molecule has 5 rings (SSSR count). The zero-order chi connectivity index (χ0) is 27.6. The number of esters is 1. The number of para-hydroxylation sites is 1. The van der Waals surface area contributed by atoms with Gasteiger partial charge >= 0.3 is 12.1 Å². The van der Waals surface area contributed by atoms with Crippen LogP contribution in [0.25, 0.3) is 22.6 Å². The van der Waals surface area contributed by atoms with Crippen LogP contribution >= 0.6 is 0 Å². The molecule has 0 aliphatic heterocycles. The molecule has 0 fully saturated rings. The average molecular weight is 534 g/mol. The van der Waals surface area contributed by atoms with Crippen LogP contribution in [0.1, 0.15) is 51.1 Å². The number of pyridine rings is 1. The molecule has 1 aliphatic rings.